The normalized spacial score (nSPS) is 26.7. The molecule has 1 aromatic rings. The summed E-state index contributed by atoms with van der Waals surface area (Å²) in [5.41, 5.74) is 1.27. The molecule has 1 aliphatic rings. The van der Waals surface area contributed by atoms with Crippen molar-refractivity contribution in [2.24, 2.45) is 0 Å². The fraction of sp³-hybridized carbons (Fsp3) is 0.500. The summed E-state index contributed by atoms with van der Waals surface area (Å²) in [4.78, 5) is 2.38. The van der Waals surface area contributed by atoms with Crippen LogP contribution in [0.3, 0.4) is 0 Å². The molecule has 1 fully saturated rings. The molecule has 2 nitrogen and oxygen atoms in total. The van der Waals surface area contributed by atoms with Crippen LogP contribution < -0.4 is 4.90 Å². The molecule has 0 aliphatic carbocycles. The molecule has 2 rings (SSSR count). The van der Waals surface area contributed by atoms with Crippen LogP contribution in [0.2, 0.25) is 0 Å². The zero-order chi connectivity index (χ0) is 10.8. The third-order valence-electron chi connectivity index (χ3n) is 2.59. The van der Waals surface area contributed by atoms with Crippen molar-refractivity contribution in [3.05, 3.63) is 28.7 Å². The van der Waals surface area contributed by atoms with Gasteiger partial charge < -0.3 is 9.64 Å². The van der Waals surface area contributed by atoms with Crippen LogP contribution in [-0.2, 0) is 4.74 Å². The van der Waals surface area contributed by atoms with Crippen molar-refractivity contribution in [1.82, 2.24) is 0 Å². The van der Waals surface area contributed by atoms with Gasteiger partial charge in [-0.05, 0) is 32.0 Å². The number of ether oxygens (including phenoxy) is 1. The monoisotopic (exact) mass is 269 g/mol. The highest BCUT2D eigenvalue weighted by atomic mass is 79.9. The molecular weight excluding hydrogens is 254 g/mol. The Labute approximate surface area is 99.4 Å². The molecule has 0 radical (unpaired) electrons. The van der Waals surface area contributed by atoms with Gasteiger partial charge in [-0.2, -0.15) is 0 Å². The highest BCUT2D eigenvalue weighted by Crippen LogP contribution is 2.23. The van der Waals surface area contributed by atoms with Gasteiger partial charge in [0.25, 0.3) is 0 Å². The average Bonchev–Trinajstić information content (AvgIpc) is 2.16. The maximum absolute atomic E-state index is 5.71. The van der Waals surface area contributed by atoms with Gasteiger partial charge in [-0.15, -0.1) is 0 Å². The van der Waals surface area contributed by atoms with Crippen molar-refractivity contribution in [3.8, 4) is 0 Å². The number of rotatable bonds is 1. The molecule has 0 N–H and O–H groups in total. The number of morpholine rings is 1. The molecule has 0 bridgehead atoms. The van der Waals surface area contributed by atoms with E-state index in [0.717, 1.165) is 17.6 Å². The quantitative estimate of drug-likeness (QED) is 0.777. The van der Waals surface area contributed by atoms with E-state index in [-0.39, 0.29) is 0 Å². The van der Waals surface area contributed by atoms with Gasteiger partial charge in [0, 0.05) is 23.2 Å². The van der Waals surface area contributed by atoms with E-state index >= 15 is 0 Å². The minimum absolute atomic E-state index is 0.313. The number of anilines is 1. The second kappa shape index (κ2) is 4.54. The first-order chi connectivity index (χ1) is 7.15. The number of nitrogens with zero attached hydrogens (tertiary/aromatic N) is 1. The van der Waals surface area contributed by atoms with Crippen LogP contribution in [0.15, 0.2) is 28.7 Å². The minimum atomic E-state index is 0.313. The average molecular weight is 270 g/mol. The van der Waals surface area contributed by atoms with Crippen LogP contribution in [0, 0.1) is 0 Å². The molecule has 0 amide bonds. The van der Waals surface area contributed by atoms with Crippen molar-refractivity contribution in [1.29, 1.82) is 0 Å². The highest BCUT2D eigenvalue weighted by Gasteiger charge is 2.22. The first-order valence-electron chi connectivity index (χ1n) is 5.31. The van der Waals surface area contributed by atoms with E-state index in [1.165, 1.54) is 5.69 Å². The van der Waals surface area contributed by atoms with Gasteiger partial charge >= 0.3 is 0 Å². The van der Waals surface area contributed by atoms with Gasteiger partial charge in [-0.3, -0.25) is 0 Å². The lowest BCUT2D eigenvalue weighted by Crippen LogP contribution is -2.45. The fourth-order valence-electron chi connectivity index (χ4n) is 2.06. The van der Waals surface area contributed by atoms with E-state index < -0.39 is 0 Å². The zero-order valence-corrected chi connectivity index (χ0v) is 10.7. The first-order valence-corrected chi connectivity index (χ1v) is 6.10. The van der Waals surface area contributed by atoms with Crippen molar-refractivity contribution in [3.63, 3.8) is 0 Å². The predicted octanol–water partition coefficient (Wildman–Crippen LogP) is 3.06. The molecule has 1 saturated heterocycles. The van der Waals surface area contributed by atoms with Crippen molar-refractivity contribution in [2.75, 3.05) is 18.0 Å². The summed E-state index contributed by atoms with van der Waals surface area (Å²) < 4.78 is 6.85. The fourth-order valence-corrected chi connectivity index (χ4v) is 2.45. The summed E-state index contributed by atoms with van der Waals surface area (Å²) in [6.07, 6.45) is 0.625. The predicted molar refractivity (Wildman–Crippen MR) is 66.4 cm³/mol. The lowest BCUT2D eigenvalue weighted by molar-refractivity contribution is -0.00521. The van der Waals surface area contributed by atoms with Crippen LogP contribution in [0.5, 0.6) is 0 Å². The summed E-state index contributed by atoms with van der Waals surface area (Å²) in [6, 6.07) is 8.43. The molecule has 0 aromatic heterocycles. The molecule has 15 heavy (non-hydrogen) atoms. The molecule has 1 aliphatic heterocycles. The third-order valence-corrected chi connectivity index (χ3v) is 3.09. The van der Waals surface area contributed by atoms with Gasteiger partial charge in [0.2, 0.25) is 0 Å². The Hall–Kier alpha value is -0.540. The largest absolute Gasteiger partial charge is 0.372 e. The molecule has 1 aromatic carbocycles. The van der Waals surface area contributed by atoms with Gasteiger partial charge in [0.15, 0.2) is 0 Å². The molecule has 0 spiro atoms. The molecule has 1 heterocycles. The summed E-state index contributed by atoms with van der Waals surface area (Å²) in [5, 5.41) is 0. The van der Waals surface area contributed by atoms with E-state index in [1.54, 1.807) is 0 Å². The Balaban J connectivity index is 2.16. The second-order valence-corrected chi connectivity index (χ2v) is 5.06. The Bertz CT molecular complexity index is 332. The topological polar surface area (TPSA) is 12.5 Å². The lowest BCUT2D eigenvalue weighted by atomic mass is 10.2. The van der Waals surface area contributed by atoms with Gasteiger partial charge in [-0.25, -0.2) is 0 Å². The number of hydrogen-bond acceptors (Lipinski definition) is 2. The Morgan fingerprint density at radius 1 is 1.27 bits per heavy atom. The maximum atomic E-state index is 5.71. The number of benzene rings is 1. The van der Waals surface area contributed by atoms with Gasteiger partial charge in [0.1, 0.15) is 0 Å². The molecule has 0 saturated carbocycles. The summed E-state index contributed by atoms with van der Waals surface area (Å²) in [7, 11) is 0. The van der Waals surface area contributed by atoms with Crippen LogP contribution in [0.25, 0.3) is 0 Å². The van der Waals surface area contributed by atoms with Gasteiger partial charge in [-0.1, -0.05) is 22.0 Å². The summed E-state index contributed by atoms with van der Waals surface area (Å²) >= 11 is 3.50. The summed E-state index contributed by atoms with van der Waals surface area (Å²) in [6.45, 7) is 6.20. The van der Waals surface area contributed by atoms with Crippen molar-refractivity contribution >= 4 is 21.6 Å². The lowest BCUT2D eigenvalue weighted by Gasteiger charge is -2.36. The van der Waals surface area contributed by atoms with Gasteiger partial charge in [0.05, 0.1) is 12.2 Å². The minimum Gasteiger partial charge on any atom is -0.372 e. The smallest absolute Gasteiger partial charge is 0.0726 e. The molecule has 82 valence electrons. The highest BCUT2D eigenvalue weighted by molar-refractivity contribution is 9.10. The van der Waals surface area contributed by atoms with E-state index in [2.05, 4.69) is 58.9 Å². The van der Waals surface area contributed by atoms with Crippen LogP contribution in [0.4, 0.5) is 5.69 Å². The Morgan fingerprint density at radius 2 is 1.93 bits per heavy atom. The van der Waals surface area contributed by atoms with E-state index in [4.69, 9.17) is 4.74 Å². The molecular formula is C12H16BrNO. The Morgan fingerprint density at radius 3 is 2.53 bits per heavy atom. The number of hydrogen-bond donors (Lipinski definition) is 0. The van der Waals surface area contributed by atoms with Crippen LogP contribution in [0.1, 0.15) is 13.8 Å². The first kappa shape index (κ1) is 11.0. The van der Waals surface area contributed by atoms with Crippen molar-refractivity contribution < 1.29 is 4.74 Å². The van der Waals surface area contributed by atoms with Crippen LogP contribution >= 0.6 is 15.9 Å². The van der Waals surface area contributed by atoms with E-state index in [0.29, 0.717) is 12.2 Å². The summed E-state index contributed by atoms with van der Waals surface area (Å²) in [5.74, 6) is 0. The van der Waals surface area contributed by atoms with E-state index in [9.17, 15) is 0 Å². The SMILES string of the molecule is CC1CN(c2cccc(Br)c2)C[C@H](C)O1. The van der Waals surface area contributed by atoms with E-state index in [1.807, 2.05) is 0 Å². The standard InChI is InChI=1S/C12H16BrNO/c1-9-7-14(8-10(2)15-9)12-5-3-4-11(13)6-12/h3-6,9-10H,7-8H2,1-2H3/t9-,10?/m0/s1. The molecule has 3 heteroatoms. The number of halogens is 1. The Kier molecular flexibility index (Phi) is 3.32. The maximum Gasteiger partial charge on any atom is 0.0726 e. The third kappa shape index (κ3) is 2.73. The molecule has 2 atom stereocenters. The zero-order valence-electron chi connectivity index (χ0n) is 9.11. The molecule has 1 unspecified atom stereocenters. The second-order valence-electron chi connectivity index (χ2n) is 4.14. The van der Waals surface area contributed by atoms with Crippen LogP contribution in [-0.4, -0.2) is 25.3 Å². The van der Waals surface area contributed by atoms with Crippen molar-refractivity contribution in [2.45, 2.75) is 26.1 Å².